The van der Waals surface area contributed by atoms with E-state index in [-0.39, 0.29) is 18.9 Å². The van der Waals surface area contributed by atoms with Crippen molar-refractivity contribution in [2.75, 3.05) is 36.6 Å². The summed E-state index contributed by atoms with van der Waals surface area (Å²) in [5.74, 6) is -1.90. The first-order valence-electron chi connectivity index (χ1n) is 11.2. The van der Waals surface area contributed by atoms with Crippen LogP contribution in [-0.2, 0) is 23.9 Å². The lowest BCUT2D eigenvalue weighted by molar-refractivity contribution is -0.151. The third-order valence-electron chi connectivity index (χ3n) is 5.10. The molecule has 1 aliphatic rings. The Kier molecular flexibility index (Phi) is 8.61. The maximum Gasteiger partial charge on any atom is 0.338 e. The Morgan fingerprint density at radius 1 is 1.03 bits per heavy atom. The van der Waals surface area contributed by atoms with Gasteiger partial charge in [0.1, 0.15) is 5.75 Å². The fourth-order valence-electron chi connectivity index (χ4n) is 3.48. The Balaban J connectivity index is 1.50. The fraction of sp³-hybridized carbons (Fsp3) is 0.360. The Bertz CT molecular complexity index is 1040. The molecule has 1 fully saturated rings. The van der Waals surface area contributed by atoms with Crippen molar-refractivity contribution in [3.05, 3.63) is 54.1 Å². The van der Waals surface area contributed by atoms with Gasteiger partial charge >= 0.3 is 11.9 Å². The van der Waals surface area contributed by atoms with Crippen molar-refractivity contribution >= 4 is 35.1 Å². The Morgan fingerprint density at radius 3 is 2.47 bits per heavy atom. The molecule has 2 aromatic rings. The zero-order valence-electron chi connectivity index (χ0n) is 19.2. The van der Waals surface area contributed by atoms with Gasteiger partial charge in [0.05, 0.1) is 30.4 Å². The van der Waals surface area contributed by atoms with Crippen LogP contribution in [-0.4, -0.2) is 50.1 Å². The summed E-state index contributed by atoms with van der Waals surface area (Å²) in [7, 11) is 0. The molecule has 34 heavy (non-hydrogen) atoms. The molecule has 9 nitrogen and oxygen atoms in total. The van der Waals surface area contributed by atoms with Crippen LogP contribution in [0.5, 0.6) is 5.75 Å². The van der Waals surface area contributed by atoms with Crippen LogP contribution in [0.4, 0.5) is 11.4 Å². The van der Waals surface area contributed by atoms with Crippen LogP contribution in [0.15, 0.2) is 48.5 Å². The van der Waals surface area contributed by atoms with Crippen LogP contribution in [0.3, 0.4) is 0 Å². The standard InChI is InChI=1S/C25H28N2O7/c1-3-13-33-24(30)17-9-11-19(12-10-17)26-22(28)16-34-25(31)18-14-23(29)27(15-18)20-7-5-6-8-21(20)32-4-2/h5-12,18H,3-4,13-16H2,1-2H3,(H,26,28)/t18-/m0/s1. The Labute approximate surface area is 198 Å². The summed E-state index contributed by atoms with van der Waals surface area (Å²) in [5, 5.41) is 2.60. The Hall–Kier alpha value is -3.88. The van der Waals surface area contributed by atoms with Crippen LogP contribution >= 0.6 is 0 Å². The second kappa shape index (κ2) is 11.8. The summed E-state index contributed by atoms with van der Waals surface area (Å²) in [6, 6.07) is 13.3. The number of esters is 2. The van der Waals surface area contributed by atoms with E-state index >= 15 is 0 Å². The molecule has 0 saturated carbocycles. The average molecular weight is 469 g/mol. The molecular formula is C25H28N2O7. The summed E-state index contributed by atoms with van der Waals surface area (Å²) >= 11 is 0. The van der Waals surface area contributed by atoms with Crippen molar-refractivity contribution in [1.82, 2.24) is 0 Å². The van der Waals surface area contributed by atoms with Crippen molar-refractivity contribution in [1.29, 1.82) is 0 Å². The summed E-state index contributed by atoms with van der Waals surface area (Å²) in [5.41, 5.74) is 1.42. The lowest BCUT2D eigenvalue weighted by Gasteiger charge is -2.19. The first-order valence-corrected chi connectivity index (χ1v) is 11.2. The number of nitrogens with one attached hydrogen (secondary N) is 1. The van der Waals surface area contributed by atoms with E-state index in [4.69, 9.17) is 14.2 Å². The SMILES string of the molecule is CCCOC(=O)c1ccc(NC(=O)COC(=O)[C@H]2CC(=O)N(c3ccccc3OCC)C2)cc1. The minimum absolute atomic E-state index is 0.00347. The zero-order chi connectivity index (χ0) is 24.5. The molecule has 2 aromatic carbocycles. The minimum atomic E-state index is -0.677. The van der Waals surface area contributed by atoms with Gasteiger partial charge < -0.3 is 24.4 Å². The number of amides is 2. The fourth-order valence-corrected chi connectivity index (χ4v) is 3.48. The molecule has 0 aromatic heterocycles. The van der Waals surface area contributed by atoms with Gasteiger partial charge in [-0.2, -0.15) is 0 Å². The monoisotopic (exact) mass is 468 g/mol. The minimum Gasteiger partial charge on any atom is -0.492 e. The number of hydrogen-bond acceptors (Lipinski definition) is 7. The highest BCUT2D eigenvalue weighted by atomic mass is 16.5. The molecule has 1 heterocycles. The first kappa shape index (κ1) is 24.8. The highest BCUT2D eigenvalue weighted by molar-refractivity contribution is 6.01. The van der Waals surface area contributed by atoms with Crippen LogP contribution < -0.4 is 15.0 Å². The molecule has 0 spiro atoms. The van der Waals surface area contributed by atoms with Gasteiger partial charge in [-0.25, -0.2) is 4.79 Å². The predicted octanol–water partition coefficient (Wildman–Crippen LogP) is 3.19. The number of carbonyl (C=O) groups excluding carboxylic acids is 4. The highest BCUT2D eigenvalue weighted by Crippen LogP contribution is 2.33. The molecule has 1 aliphatic heterocycles. The number of benzene rings is 2. The largest absolute Gasteiger partial charge is 0.492 e. The van der Waals surface area contributed by atoms with Crippen LogP contribution in [0.25, 0.3) is 0 Å². The van der Waals surface area contributed by atoms with Gasteiger partial charge in [0.2, 0.25) is 5.91 Å². The number of ether oxygens (including phenoxy) is 3. The maximum atomic E-state index is 12.5. The second-order valence-corrected chi connectivity index (χ2v) is 7.68. The molecule has 0 aliphatic carbocycles. The van der Waals surface area contributed by atoms with Gasteiger partial charge in [0.15, 0.2) is 6.61 Å². The highest BCUT2D eigenvalue weighted by Gasteiger charge is 2.37. The van der Waals surface area contributed by atoms with Crippen molar-refractivity contribution in [2.45, 2.75) is 26.7 Å². The maximum absolute atomic E-state index is 12.5. The first-order chi connectivity index (χ1) is 16.4. The molecule has 1 atom stereocenters. The predicted molar refractivity (Wildman–Crippen MR) is 125 cm³/mol. The van der Waals surface area contributed by atoms with Gasteiger partial charge in [-0.05, 0) is 49.7 Å². The molecule has 0 unspecified atom stereocenters. The van der Waals surface area contributed by atoms with Crippen LogP contribution in [0.1, 0.15) is 37.0 Å². The quantitative estimate of drug-likeness (QED) is 0.533. The van der Waals surface area contributed by atoms with E-state index in [0.29, 0.717) is 35.9 Å². The van der Waals surface area contributed by atoms with Gasteiger partial charge in [0.25, 0.3) is 5.91 Å². The van der Waals surface area contributed by atoms with Crippen molar-refractivity contribution in [3.8, 4) is 5.75 Å². The summed E-state index contributed by atoms with van der Waals surface area (Å²) < 4.78 is 15.8. The van der Waals surface area contributed by atoms with E-state index in [1.165, 1.54) is 4.90 Å². The zero-order valence-corrected chi connectivity index (χ0v) is 19.2. The summed E-state index contributed by atoms with van der Waals surface area (Å²) in [4.78, 5) is 50.5. The third kappa shape index (κ3) is 6.34. The van der Waals surface area contributed by atoms with Crippen molar-refractivity contribution in [2.24, 2.45) is 5.92 Å². The third-order valence-corrected chi connectivity index (χ3v) is 5.10. The van der Waals surface area contributed by atoms with Crippen LogP contribution in [0.2, 0.25) is 0 Å². The van der Waals surface area contributed by atoms with E-state index in [1.807, 2.05) is 19.9 Å². The molecule has 0 bridgehead atoms. The Morgan fingerprint density at radius 2 is 1.76 bits per heavy atom. The smallest absolute Gasteiger partial charge is 0.338 e. The average Bonchev–Trinajstić information content (AvgIpc) is 3.23. The van der Waals surface area contributed by atoms with E-state index in [0.717, 1.165) is 6.42 Å². The summed E-state index contributed by atoms with van der Waals surface area (Å²) in [6.45, 7) is 4.21. The number of para-hydroxylation sites is 2. The summed E-state index contributed by atoms with van der Waals surface area (Å²) in [6.07, 6.45) is 0.725. The number of anilines is 2. The van der Waals surface area contributed by atoms with Gasteiger partial charge in [-0.1, -0.05) is 19.1 Å². The van der Waals surface area contributed by atoms with E-state index in [1.54, 1.807) is 42.5 Å². The molecular weight excluding hydrogens is 440 g/mol. The molecule has 1 saturated heterocycles. The van der Waals surface area contributed by atoms with Crippen molar-refractivity contribution < 1.29 is 33.4 Å². The number of rotatable bonds is 10. The molecule has 3 rings (SSSR count). The van der Waals surface area contributed by atoms with Crippen LogP contribution in [0, 0.1) is 5.92 Å². The molecule has 0 radical (unpaired) electrons. The number of nitrogens with zero attached hydrogens (tertiary/aromatic N) is 1. The van der Waals surface area contributed by atoms with E-state index < -0.39 is 30.4 Å². The van der Waals surface area contributed by atoms with Gasteiger partial charge in [0, 0.05) is 18.7 Å². The molecule has 1 N–H and O–H groups in total. The van der Waals surface area contributed by atoms with E-state index in [9.17, 15) is 19.2 Å². The van der Waals surface area contributed by atoms with Gasteiger partial charge in [-0.15, -0.1) is 0 Å². The lowest BCUT2D eigenvalue weighted by atomic mass is 10.1. The van der Waals surface area contributed by atoms with E-state index in [2.05, 4.69) is 5.32 Å². The molecule has 2 amide bonds. The number of hydrogen-bond donors (Lipinski definition) is 1. The second-order valence-electron chi connectivity index (χ2n) is 7.68. The molecule has 180 valence electrons. The lowest BCUT2D eigenvalue weighted by Crippen LogP contribution is -2.28. The van der Waals surface area contributed by atoms with Crippen molar-refractivity contribution in [3.63, 3.8) is 0 Å². The normalized spacial score (nSPS) is 15.1. The molecule has 9 heteroatoms. The number of carbonyl (C=O) groups is 4. The topological polar surface area (TPSA) is 111 Å². The van der Waals surface area contributed by atoms with Gasteiger partial charge in [-0.3, -0.25) is 14.4 Å².